The molecule has 0 radical (unpaired) electrons. The van der Waals surface area contributed by atoms with Crippen molar-refractivity contribution in [3.63, 3.8) is 0 Å². The van der Waals surface area contributed by atoms with E-state index in [-0.39, 0.29) is 5.92 Å². The van der Waals surface area contributed by atoms with Gasteiger partial charge in [0, 0.05) is 55.8 Å². The zero-order valence-corrected chi connectivity index (χ0v) is 22.5. The van der Waals surface area contributed by atoms with E-state index in [0.29, 0.717) is 17.2 Å². The van der Waals surface area contributed by atoms with Crippen LogP contribution in [0.3, 0.4) is 0 Å². The lowest BCUT2D eigenvalue weighted by atomic mass is 9.82. The molecule has 1 fully saturated rings. The summed E-state index contributed by atoms with van der Waals surface area (Å²) >= 11 is 6.08. The molecule has 194 valence electrons. The molecule has 2 aromatic carbocycles. The number of fused-ring (bicyclic) bond motifs is 2. The molecule has 3 heterocycles. The fraction of sp³-hybridized carbons (Fsp3) is 0.467. The van der Waals surface area contributed by atoms with Gasteiger partial charge >= 0.3 is 0 Å². The number of rotatable bonds is 5. The fourth-order valence-corrected chi connectivity index (χ4v) is 5.79. The number of allylic oxidation sites excluding steroid dienone is 1. The van der Waals surface area contributed by atoms with Crippen LogP contribution in [0.1, 0.15) is 49.8 Å². The van der Waals surface area contributed by atoms with Gasteiger partial charge in [0.25, 0.3) is 0 Å². The number of nitrogens with zero attached hydrogens (tertiary/aromatic N) is 4. The number of hydrogen-bond acceptors (Lipinski definition) is 6. The highest BCUT2D eigenvalue weighted by molar-refractivity contribution is 6.30. The standard InChI is InChI=1S/C30H35ClN4O2/c1-30(2,36)22-7-10-29-26(18-22)24(25-5-3-11-33-27(25)20-37-29)6-4-12-34-13-15-35(16-14-34)28-9-8-23(31)17-21(28)19-32/h6-10,17-18,25,36H,3-5,11-16,20H2,1-2H3/b24-6+. The monoisotopic (exact) mass is 518 g/mol. The number of anilines is 1. The van der Waals surface area contributed by atoms with E-state index in [2.05, 4.69) is 28.0 Å². The summed E-state index contributed by atoms with van der Waals surface area (Å²) in [4.78, 5) is 9.60. The normalized spacial score (nSPS) is 21.4. The maximum atomic E-state index is 10.7. The van der Waals surface area contributed by atoms with Crippen LogP contribution < -0.4 is 9.64 Å². The van der Waals surface area contributed by atoms with Crippen molar-refractivity contribution in [1.82, 2.24) is 4.90 Å². The van der Waals surface area contributed by atoms with Gasteiger partial charge in [0.15, 0.2) is 0 Å². The predicted octanol–water partition coefficient (Wildman–Crippen LogP) is 5.28. The molecule has 0 amide bonds. The highest BCUT2D eigenvalue weighted by Gasteiger charge is 2.31. The second-order valence-corrected chi connectivity index (χ2v) is 11.1. The van der Waals surface area contributed by atoms with Crippen LogP contribution in [-0.2, 0) is 5.60 Å². The van der Waals surface area contributed by atoms with Crippen molar-refractivity contribution >= 4 is 28.6 Å². The summed E-state index contributed by atoms with van der Waals surface area (Å²) in [5.74, 6) is 1.15. The largest absolute Gasteiger partial charge is 0.487 e. The van der Waals surface area contributed by atoms with Crippen molar-refractivity contribution in [3.8, 4) is 11.8 Å². The van der Waals surface area contributed by atoms with Gasteiger partial charge in [-0.3, -0.25) is 9.89 Å². The Morgan fingerprint density at radius 3 is 2.76 bits per heavy atom. The lowest BCUT2D eigenvalue weighted by Gasteiger charge is -2.36. The number of piperazine rings is 1. The van der Waals surface area contributed by atoms with Crippen LogP contribution in [0.4, 0.5) is 5.69 Å². The Hall–Kier alpha value is -2.85. The van der Waals surface area contributed by atoms with Crippen LogP contribution in [0.15, 0.2) is 47.5 Å². The molecular weight excluding hydrogens is 484 g/mol. The van der Waals surface area contributed by atoms with Crippen LogP contribution in [0.5, 0.6) is 5.75 Å². The first kappa shape index (κ1) is 25.8. The molecule has 3 aliphatic rings. The van der Waals surface area contributed by atoms with Crippen molar-refractivity contribution in [2.45, 2.75) is 38.7 Å². The van der Waals surface area contributed by atoms with E-state index in [0.717, 1.165) is 86.8 Å². The molecule has 7 heteroatoms. The summed E-state index contributed by atoms with van der Waals surface area (Å²) in [5, 5.41) is 20.8. The van der Waals surface area contributed by atoms with Gasteiger partial charge in [-0.1, -0.05) is 23.7 Å². The second kappa shape index (κ2) is 10.9. The molecule has 2 aromatic rings. The Morgan fingerprint density at radius 1 is 1.19 bits per heavy atom. The minimum absolute atomic E-state index is 0.276. The maximum absolute atomic E-state index is 10.7. The summed E-state index contributed by atoms with van der Waals surface area (Å²) in [7, 11) is 0. The average molecular weight is 519 g/mol. The highest BCUT2D eigenvalue weighted by Crippen LogP contribution is 2.40. The van der Waals surface area contributed by atoms with Gasteiger partial charge in [-0.25, -0.2) is 0 Å². The molecule has 37 heavy (non-hydrogen) atoms. The molecule has 1 saturated heterocycles. The van der Waals surface area contributed by atoms with Crippen molar-refractivity contribution < 1.29 is 9.84 Å². The number of ether oxygens (including phenoxy) is 1. The van der Waals surface area contributed by atoms with Crippen molar-refractivity contribution in [2.24, 2.45) is 10.9 Å². The van der Waals surface area contributed by atoms with Gasteiger partial charge < -0.3 is 14.7 Å². The Morgan fingerprint density at radius 2 is 2.00 bits per heavy atom. The lowest BCUT2D eigenvalue weighted by molar-refractivity contribution is 0.0785. The van der Waals surface area contributed by atoms with E-state index in [1.807, 2.05) is 38.1 Å². The highest BCUT2D eigenvalue weighted by atomic mass is 35.5. The fourth-order valence-electron chi connectivity index (χ4n) is 5.62. The molecule has 0 spiro atoms. The van der Waals surface area contributed by atoms with Crippen LogP contribution in [-0.4, -0.2) is 61.6 Å². The van der Waals surface area contributed by atoms with E-state index in [9.17, 15) is 10.4 Å². The van der Waals surface area contributed by atoms with Crippen molar-refractivity contribution in [2.75, 3.05) is 50.8 Å². The number of nitriles is 1. The third kappa shape index (κ3) is 5.70. The summed E-state index contributed by atoms with van der Waals surface area (Å²) in [6.45, 7) is 9.72. The molecular formula is C30H35ClN4O2. The zero-order chi connectivity index (χ0) is 26.0. The maximum Gasteiger partial charge on any atom is 0.127 e. The lowest BCUT2D eigenvalue weighted by Crippen LogP contribution is -2.46. The third-order valence-electron chi connectivity index (χ3n) is 7.72. The van der Waals surface area contributed by atoms with E-state index in [4.69, 9.17) is 21.3 Å². The number of halogens is 1. The Kier molecular flexibility index (Phi) is 7.57. The van der Waals surface area contributed by atoms with E-state index in [1.54, 1.807) is 6.07 Å². The van der Waals surface area contributed by atoms with Gasteiger partial charge in [0.1, 0.15) is 18.4 Å². The SMILES string of the molecule is CC(C)(O)c1ccc2c(c1)/C(=C/CCN1CCN(c3ccc(Cl)cc3C#N)CC1)C1CCCN=C1CO2. The van der Waals surface area contributed by atoms with Crippen LogP contribution in [0.25, 0.3) is 5.57 Å². The molecule has 1 unspecified atom stereocenters. The predicted molar refractivity (Wildman–Crippen MR) is 150 cm³/mol. The summed E-state index contributed by atoms with van der Waals surface area (Å²) in [6.07, 6.45) is 5.49. The van der Waals surface area contributed by atoms with Crippen LogP contribution in [0, 0.1) is 17.2 Å². The van der Waals surface area contributed by atoms with Crippen molar-refractivity contribution in [1.29, 1.82) is 5.26 Å². The molecule has 0 bridgehead atoms. The topological polar surface area (TPSA) is 72.1 Å². The summed E-state index contributed by atoms with van der Waals surface area (Å²) in [6, 6.07) is 13.9. The second-order valence-electron chi connectivity index (χ2n) is 10.7. The Labute approximate surface area is 224 Å². The van der Waals surface area contributed by atoms with Crippen LogP contribution >= 0.6 is 11.6 Å². The van der Waals surface area contributed by atoms with Crippen LogP contribution in [0.2, 0.25) is 5.02 Å². The van der Waals surface area contributed by atoms with E-state index < -0.39 is 5.60 Å². The minimum atomic E-state index is -0.912. The first-order chi connectivity index (χ1) is 17.8. The molecule has 1 atom stereocenters. The molecule has 5 rings (SSSR count). The number of hydrogen-bond donors (Lipinski definition) is 1. The van der Waals surface area contributed by atoms with E-state index >= 15 is 0 Å². The zero-order valence-electron chi connectivity index (χ0n) is 21.7. The Balaban J connectivity index is 1.31. The third-order valence-corrected chi connectivity index (χ3v) is 7.95. The number of aliphatic hydroxyl groups is 1. The minimum Gasteiger partial charge on any atom is -0.487 e. The summed E-state index contributed by atoms with van der Waals surface area (Å²) in [5.41, 5.74) is 5.11. The molecule has 0 aromatic heterocycles. The van der Waals surface area contributed by atoms with Gasteiger partial charge in [0.05, 0.1) is 22.6 Å². The van der Waals surface area contributed by atoms with Crippen molar-refractivity contribution in [3.05, 3.63) is 64.2 Å². The molecule has 3 aliphatic heterocycles. The number of benzene rings is 2. The molecule has 6 nitrogen and oxygen atoms in total. The number of aliphatic imine (C=N–C) groups is 1. The smallest absolute Gasteiger partial charge is 0.127 e. The first-order valence-electron chi connectivity index (χ1n) is 13.2. The first-order valence-corrected chi connectivity index (χ1v) is 13.6. The van der Waals surface area contributed by atoms with Gasteiger partial charge in [-0.2, -0.15) is 5.26 Å². The molecule has 1 N–H and O–H groups in total. The van der Waals surface area contributed by atoms with E-state index in [1.165, 1.54) is 5.57 Å². The van der Waals surface area contributed by atoms with Gasteiger partial charge in [0.2, 0.25) is 0 Å². The van der Waals surface area contributed by atoms with Gasteiger partial charge in [-0.05, 0) is 74.6 Å². The molecule has 0 aliphatic carbocycles. The van der Waals surface area contributed by atoms with Gasteiger partial charge in [-0.15, -0.1) is 0 Å². The molecule has 0 saturated carbocycles. The summed E-state index contributed by atoms with van der Waals surface area (Å²) < 4.78 is 6.19. The average Bonchev–Trinajstić information content (AvgIpc) is 3.05. The Bertz CT molecular complexity index is 1250. The quantitative estimate of drug-likeness (QED) is 0.583.